The van der Waals surface area contributed by atoms with E-state index in [1.165, 1.54) is 10.5 Å². The number of thioether (sulfide) groups is 1. The smallest absolute Gasteiger partial charge is 0.244 e. The molecule has 0 atom stereocenters. The molecule has 0 bridgehead atoms. The first-order chi connectivity index (χ1) is 9.02. The van der Waals surface area contributed by atoms with E-state index in [4.69, 9.17) is 0 Å². The largest absolute Gasteiger partial charge is 0.370 e. The first kappa shape index (κ1) is 16.3. The molecule has 1 aromatic rings. The van der Waals surface area contributed by atoms with Gasteiger partial charge in [-0.25, -0.2) is 17.7 Å². The van der Waals surface area contributed by atoms with Crippen molar-refractivity contribution < 1.29 is 8.42 Å². The Morgan fingerprint density at radius 1 is 1.42 bits per heavy atom. The highest BCUT2D eigenvalue weighted by atomic mass is 32.2. The summed E-state index contributed by atoms with van der Waals surface area (Å²) in [6.07, 6.45) is 4.36. The van der Waals surface area contributed by atoms with Gasteiger partial charge in [0, 0.05) is 32.1 Å². The predicted octanol–water partition coefficient (Wildman–Crippen LogP) is 1.89. The molecule has 0 unspecified atom stereocenters. The topological polar surface area (TPSA) is 62.3 Å². The fourth-order valence-corrected chi connectivity index (χ4v) is 3.10. The maximum Gasteiger partial charge on any atom is 0.244 e. The van der Waals surface area contributed by atoms with Crippen LogP contribution in [-0.2, 0) is 10.0 Å². The van der Waals surface area contributed by atoms with Crippen LogP contribution in [0.1, 0.15) is 13.3 Å². The standard InChI is InChI=1S/C12H21N3O2S2/c1-4-7-13-12-6-5-11(10-14-12)19(16,17)15(2)8-9-18-3/h5-6,10H,4,7-9H2,1-3H3,(H,13,14). The number of aromatic nitrogens is 1. The molecule has 0 saturated carbocycles. The van der Waals surface area contributed by atoms with Gasteiger partial charge in [0.05, 0.1) is 0 Å². The molecule has 0 aromatic carbocycles. The lowest BCUT2D eigenvalue weighted by atomic mass is 10.4. The van der Waals surface area contributed by atoms with Crippen molar-refractivity contribution in [3.05, 3.63) is 18.3 Å². The first-order valence-electron chi connectivity index (χ1n) is 6.17. The van der Waals surface area contributed by atoms with Gasteiger partial charge in [-0.05, 0) is 24.8 Å². The Kier molecular flexibility index (Phi) is 6.60. The molecule has 0 saturated heterocycles. The van der Waals surface area contributed by atoms with Crippen LogP contribution in [0.2, 0.25) is 0 Å². The van der Waals surface area contributed by atoms with Crippen LogP contribution in [-0.4, -0.2) is 49.9 Å². The van der Waals surface area contributed by atoms with Crippen LogP contribution in [0.4, 0.5) is 5.82 Å². The van der Waals surface area contributed by atoms with Crippen molar-refractivity contribution in [2.45, 2.75) is 18.2 Å². The van der Waals surface area contributed by atoms with Crippen LogP contribution in [0.3, 0.4) is 0 Å². The van der Waals surface area contributed by atoms with E-state index in [-0.39, 0.29) is 4.90 Å². The molecule has 1 heterocycles. The number of hydrogen-bond acceptors (Lipinski definition) is 5. The minimum atomic E-state index is -3.42. The number of rotatable bonds is 8. The first-order valence-corrected chi connectivity index (χ1v) is 9.01. The molecule has 1 N–H and O–H groups in total. The summed E-state index contributed by atoms with van der Waals surface area (Å²) in [4.78, 5) is 4.36. The number of nitrogens with one attached hydrogen (secondary N) is 1. The summed E-state index contributed by atoms with van der Waals surface area (Å²) in [6, 6.07) is 3.29. The van der Waals surface area contributed by atoms with E-state index in [0.717, 1.165) is 18.7 Å². The second-order valence-electron chi connectivity index (χ2n) is 4.13. The van der Waals surface area contributed by atoms with Gasteiger partial charge < -0.3 is 5.32 Å². The van der Waals surface area contributed by atoms with Crippen molar-refractivity contribution in [3.8, 4) is 0 Å². The lowest BCUT2D eigenvalue weighted by molar-refractivity contribution is 0.488. The second-order valence-corrected chi connectivity index (χ2v) is 7.16. The number of sulfonamides is 1. The van der Waals surface area contributed by atoms with Crippen molar-refractivity contribution >= 4 is 27.6 Å². The molecule has 0 aliphatic heterocycles. The zero-order chi connectivity index (χ0) is 14.3. The van der Waals surface area contributed by atoms with Gasteiger partial charge in [0.1, 0.15) is 10.7 Å². The Balaban J connectivity index is 2.78. The third kappa shape index (κ3) is 4.67. The highest BCUT2D eigenvalue weighted by molar-refractivity contribution is 7.98. The third-order valence-corrected chi connectivity index (χ3v) is 5.04. The van der Waals surface area contributed by atoms with E-state index in [1.807, 2.05) is 6.26 Å². The van der Waals surface area contributed by atoms with Crippen LogP contribution in [0, 0.1) is 0 Å². The predicted molar refractivity (Wildman–Crippen MR) is 81.2 cm³/mol. The zero-order valence-corrected chi connectivity index (χ0v) is 13.2. The maximum absolute atomic E-state index is 12.2. The van der Waals surface area contributed by atoms with Crippen molar-refractivity contribution in [1.82, 2.24) is 9.29 Å². The molecule has 0 amide bonds. The Hall–Kier alpha value is -0.790. The van der Waals surface area contributed by atoms with Crippen LogP contribution in [0.15, 0.2) is 23.2 Å². The molecule has 1 aromatic heterocycles. The van der Waals surface area contributed by atoms with Crippen LogP contribution in [0.25, 0.3) is 0 Å². The number of hydrogen-bond donors (Lipinski definition) is 1. The minimum Gasteiger partial charge on any atom is -0.370 e. The Labute approximate surface area is 119 Å². The summed E-state index contributed by atoms with van der Waals surface area (Å²) in [6.45, 7) is 3.39. The van der Waals surface area contributed by atoms with Crippen LogP contribution < -0.4 is 5.32 Å². The second kappa shape index (κ2) is 7.72. The molecule has 0 radical (unpaired) electrons. The molecule has 0 fully saturated rings. The van der Waals surface area contributed by atoms with Gasteiger partial charge in [-0.2, -0.15) is 11.8 Å². The fraction of sp³-hybridized carbons (Fsp3) is 0.583. The molecule has 19 heavy (non-hydrogen) atoms. The van der Waals surface area contributed by atoms with E-state index in [9.17, 15) is 8.42 Å². The lowest BCUT2D eigenvalue weighted by Crippen LogP contribution is -2.29. The molecular weight excluding hydrogens is 282 g/mol. The summed E-state index contributed by atoms with van der Waals surface area (Å²) in [5.41, 5.74) is 0. The highest BCUT2D eigenvalue weighted by Gasteiger charge is 2.20. The SMILES string of the molecule is CCCNc1ccc(S(=O)(=O)N(C)CCSC)cn1. The fourth-order valence-electron chi connectivity index (χ4n) is 1.41. The van der Waals surface area contributed by atoms with Gasteiger partial charge in [-0.15, -0.1) is 0 Å². The molecular formula is C12H21N3O2S2. The summed E-state index contributed by atoms with van der Waals surface area (Å²) in [7, 11) is -1.83. The van der Waals surface area contributed by atoms with Crippen molar-refractivity contribution in [1.29, 1.82) is 0 Å². The Bertz CT molecular complexity index is 474. The zero-order valence-electron chi connectivity index (χ0n) is 11.6. The third-order valence-electron chi connectivity index (χ3n) is 2.61. The molecule has 0 aliphatic rings. The molecule has 0 aliphatic carbocycles. The molecule has 0 spiro atoms. The number of nitrogens with zero attached hydrogens (tertiary/aromatic N) is 2. The van der Waals surface area contributed by atoms with Crippen LogP contribution in [0.5, 0.6) is 0 Å². The van der Waals surface area contributed by atoms with Crippen molar-refractivity contribution in [2.75, 3.05) is 37.5 Å². The van der Waals surface area contributed by atoms with E-state index >= 15 is 0 Å². The summed E-state index contributed by atoms with van der Waals surface area (Å²) in [5.74, 6) is 1.48. The number of anilines is 1. The molecule has 108 valence electrons. The average molecular weight is 303 g/mol. The summed E-state index contributed by atoms with van der Waals surface area (Å²) in [5, 5.41) is 3.11. The normalized spacial score (nSPS) is 11.8. The van der Waals surface area contributed by atoms with E-state index in [2.05, 4.69) is 17.2 Å². The Morgan fingerprint density at radius 2 is 2.16 bits per heavy atom. The van der Waals surface area contributed by atoms with Crippen molar-refractivity contribution in [3.63, 3.8) is 0 Å². The van der Waals surface area contributed by atoms with Gasteiger partial charge in [-0.1, -0.05) is 6.92 Å². The van der Waals surface area contributed by atoms with Gasteiger partial charge in [0.2, 0.25) is 10.0 Å². The monoisotopic (exact) mass is 303 g/mol. The van der Waals surface area contributed by atoms with Gasteiger partial charge in [-0.3, -0.25) is 0 Å². The maximum atomic E-state index is 12.2. The van der Waals surface area contributed by atoms with Gasteiger partial charge >= 0.3 is 0 Å². The van der Waals surface area contributed by atoms with E-state index in [0.29, 0.717) is 12.4 Å². The molecule has 5 nitrogen and oxygen atoms in total. The highest BCUT2D eigenvalue weighted by Crippen LogP contribution is 2.15. The lowest BCUT2D eigenvalue weighted by Gasteiger charge is -2.16. The number of pyridine rings is 1. The minimum absolute atomic E-state index is 0.234. The quantitative estimate of drug-likeness (QED) is 0.794. The van der Waals surface area contributed by atoms with E-state index < -0.39 is 10.0 Å². The summed E-state index contributed by atoms with van der Waals surface area (Å²) >= 11 is 1.62. The molecule has 1 rings (SSSR count). The van der Waals surface area contributed by atoms with E-state index in [1.54, 1.807) is 30.9 Å². The Morgan fingerprint density at radius 3 is 2.68 bits per heavy atom. The van der Waals surface area contributed by atoms with Crippen molar-refractivity contribution in [2.24, 2.45) is 0 Å². The summed E-state index contributed by atoms with van der Waals surface area (Å²) < 4.78 is 25.8. The average Bonchev–Trinajstić information content (AvgIpc) is 2.42. The van der Waals surface area contributed by atoms with Gasteiger partial charge in [0.25, 0.3) is 0 Å². The molecule has 7 heteroatoms. The van der Waals surface area contributed by atoms with Crippen LogP contribution >= 0.6 is 11.8 Å². The van der Waals surface area contributed by atoms with Gasteiger partial charge in [0.15, 0.2) is 0 Å².